The number of sulfonamides is 1. The molecule has 3 aromatic rings. The summed E-state index contributed by atoms with van der Waals surface area (Å²) >= 11 is 6.98. The standard InChI is InChI=1S/C18H16ClFN2O3S2/c1-12-9-14(25-2)4-3-13(12)11-22(18-21-7-8-26-18)27(23,24)15-5-6-17(20)16(19)10-15/h3-10H,11H2,1-2H3. The Labute approximate surface area is 166 Å². The molecule has 0 saturated heterocycles. The zero-order valence-electron chi connectivity index (χ0n) is 14.5. The van der Waals surface area contributed by atoms with Crippen molar-refractivity contribution in [1.29, 1.82) is 0 Å². The van der Waals surface area contributed by atoms with Gasteiger partial charge in [0.2, 0.25) is 0 Å². The molecule has 2 aromatic carbocycles. The third-order valence-corrected chi connectivity index (χ3v) is 6.91. The molecule has 3 rings (SSSR count). The second-order valence-corrected chi connectivity index (χ2v) is 8.84. The number of nitrogens with zero attached hydrogens (tertiary/aromatic N) is 2. The summed E-state index contributed by atoms with van der Waals surface area (Å²) in [5, 5.41) is 1.75. The van der Waals surface area contributed by atoms with Crippen molar-refractivity contribution >= 4 is 38.1 Å². The summed E-state index contributed by atoms with van der Waals surface area (Å²) in [7, 11) is -2.43. The van der Waals surface area contributed by atoms with Crippen LogP contribution in [0.1, 0.15) is 11.1 Å². The average molecular weight is 427 g/mol. The lowest BCUT2D eigenvalue weighted by atomic mass is 10.1. The van der Waals surface area contributed by atoms with E-state index in [0.717, 1.165) is 23.3 Å². The summed E-state index contributed by atoms with van der Waals surface area (Å²) in [6.07, 6.45) is 1.53. The van der Waals surface area contributed by atoms with Crippen molar-refractivity contribution in [2.75, 3.05) is 11.4 Å². The van der Waals surface area contributed by atoms with E-state index in [2.05, 4.69) is 4.98 Å². The van der Waals surface area contributed by atoms with Crippen LogP contribution in [0.25, 0.3) is 0 Å². The molecule has 0 saturated carbocycles. The minimum atomic E-state index is -4.00. The van der Waals surface area contributed by atoms with Gasteiger partial charge in [-0.25, -0.2) is 22.1 Å². The molecule has 1 aromatic heterocycles. The van der Waals surface area contributed by atoms with E-state index in [1.54, 1.807) is 18.6 Å². The third-order valence-electron chi connectivity index (χ3n) is 3.98. The Bertz CT molecular complexity index is 1060. The minimum absolute atomic E-state index is 0.0701. The highest BCUT2D eigenvalue weighted by Gasteiger charge is 2.28. The van der Waals surface area contributed by atoms with Crippen molar-refractivity contribution in [3.8, 4) is 5.75 Å². The molecule has 0 aliphatic carbocycles. The molecule has 5 nitrogen and oxygen atoms in total. The van der Waals surface area contributed by atoms with Gasteiger partial charge < -0.3 is 4.74 Å². The number of hydrogen-bond donors (Lipinski definition) is 0. The Morgan fingerprint density at radius 1 is 1.26 bits per heavy atom. The van der Waals surface area contributed by atoms with Gasteiger partial charge in [-0.2, -0.15) is 0 Å². The van der Waals surface area contributed by atoms with Gasteiger partial charge in [-0.1, -0.05) is 17.7 Å². The Kier molecular flexibility index (Phi) is 5.69. The van der Waals surface area contributed by atoms with Crippen molar-refractivity contribution in [2.45, 2.75) is 18.4 Å². The zero-order chi connectivity index (χ0) is 19.6. The highest BCUT2D eigenvalue weighted by Crippen LogP contribution is 2.30. The van der Waals surface area contributed by atoms with E-state index in [0.29, 0.717) is 10.9 Å². The van der Waals surface area contributed by atoms with E-state index in [1.807, 2.05) is 19.1 Å². The molecule has 0 radical (unpaired) electrons. The summed E-state index contributed by atoms with van der Waals surface area (Å²) < 4.78 is 46.3. The highest BCUT2D eigenvalue weighted by atomic mass is 35.5. The maximum atomic E-state index is 13.5. The van der Waals surface area contributed by atoms with E-state index >= 15 is 0 Å². The van der Waals surface area contributed by atoms with Gasteiger partial charge in [-0.15, -0.1) is 11.3 Å². The number of hydrogen-bond acceptors (Lipinski definition) is 5. The number of benzene rings is 2. The molecule has 27 heavy (non-hydrogen) atoms. The van der Waals surface area contributed by atoms with Gasteiger partial charge in [0.15, 0.2) is 5.13 Å². The molecule has 0 aliphatic heterocycles. The highest BCUT2D eigenvalue weighted by molar-refractivity contribution is 7.93. The molecule has 0 unspecified atom stereocenters. The minimum Gasteiger partial charge on any atom is -0.497 e. The fourth-order valence-corrected chi connectivity index (χ4v) is 5.03. The molecule has 1 heterocycles. The Morgan fingerprint density at radius 2 is 2.04 bits per heavy atom. The Balaban J connectivity index is 2.05. The van der Waals surface area contributed by atoms with E-state index in [9.17, 15) is 12.8 Å². The van der Waals surface area contributed by atoms with Crippen LogP contribution in [-0.2, 0) is 16.6 Å². The topological polar surface area (TPSA) is 59.5 Å². The lowest BCUT2D eigenvalue weighted by Gasteiger charge is -2.23. The number of halogens is 2. The number of anilines is 1. The van der Waals surface area contributed by atoms with Crippen LogP contribution < -0.4 is 9.04 Å². The van der Waals surface area contributed by atoms with Crippen LogP contribution in [-0.4, -0.2) is 20.5 Å². The molecular formula is C18H16ClFN2O3S2. The van der Waals surface area contributed by atoms with Crippen LogP contribution in [0.2, 0.25) is 5.02 Å². The van der Waals surface area contributed by atoms with Crippen molar-refractivity contribution in [2.24, 2.45) is 0 Å². The number of rotatable bonds is 6. The first kappa shape index (κ1) is 19.6. The summed E-state index contributed by atoms with van der Waals surface area (Å²) in [5.41, 5.74) is 1.67. The monoisotopic (exact) mass is 426 g/mol. The molecule has 0 N–H and O–H groups in total. The van der Waals surface area contributed by atoms with Gasteiger partial charge in [0, 0.05) is 11.6 Å². The van der Waals surface area contributed by atoms with Gasteiger partial charge in [0.25, 0.3) is 10.0 Å². The fourth-order valence-electron chi connectivity index (χ4n) is 2.49. The lowest BCUT2D eigenvalue weighted by molar-refractivity contribution is 0.414. The predicted molar refractivity (Wildman–Crippen MR) is 105 cm³/mol. The molecule has 9 heteroatoms. The maximum Gasteiger partial charge on any atom is 0.266 e. The maximum absolute atomic E-state index is 13.5. The van der Waals surface area contributed by atoms with Gasteiger partial charge in [-0.3, -0.25) is 0 Å². The number of methoxy groups -OCH3 is 1. The SMILES string of the molecule is COc1ccc(CN(c2nccs2)S(=O)(=O)c2ccc(F)c(Cl)c2)c(C)c1. The molecule has 0 atom stereocenters. The van der Waals surface area contributed by atoms with Crippen LogP contribution in [0.15, 0.2) is 52.9 Å². The molecule has 0 aliphatic rings. The van der Waals surface area contributed by atoms with Gasteiger partial charge >= 0.3 is 0 Å². The van der Waals surface area contributed by atoms with Gasteiger partial charge in [0.05, 0.1) is 23.6 Å². The summed E-state index contributed by atoms with van der Waals surface area (Å²) in [4.78, 5) is 4.04. The van der Waals surface area contributed by atoms with Crippen LogP contribution in [0.4, 0.5) is 9.52 Å². The quantitative estimate of drug-likeness (QED) is 0.575. The van der Waals surface area contributed by atoms with Crippen molar-refractivity contribution < 1.29 is 17.5 Å². The first-order valence-corrected chi connectivity index (χ1v) is 10.5. The van der Waals surface area contributed by atoms with Gasteiger partial charge in [-0.05, 0) is 48.4 Å². The Morgan fingerprint density at radius 3 is 2.63 bits per heavy atom. The average Bonchev–Trinajstić information content (AvgIpc) is 3.16. The first-order valence-electron chi connectivity index (χ1n) is 7.83. The molecule has 142 valence electrons. The number of ether oxygens (including phenoxy) is 1. The second-order valence-electron chi connectivity index (χ2n) is 5.69. The number of thiazole rings is 1. The Hall–Kier alpha value is -2.16. The van der Waals surface area contributed by atoms with E-state index < -0.39 is 15.8 Å². The predicted octanol–water partition coefficient (Wildman–Crippen LogP) is 4.65. The molecular weight excluding hydrogens is 411 g/mol. The normalized spacial score (nSPS) is 11.4. The van der Waals surface area contributed by atoms with Gasteiger partial charge in [0.1, 0.15) is 11.6 Å². The largest absolute Gasteiger partial charge is 0.497 e. The van der Waals surface area contributed by atoms with E-state index in [1.165, 1.54) is 27.9 Å². The van der Waals surface area contributed by atoms with Crippen LogP contribution in [0.5, 0.6) is 5.75 Å². The molecule has 0 fully saturated rings. The summed E-state index contributed by atoms with van der Waals surface area (Å²) in [6, 6.07) is 8.74. The number of aromatic nitrogens is 1. The fraction of sp³-hybridized carbons (Fsp3) is 0.167. The molecule has 0 bridgehead atoms. The first-order chi connectivity index (χ1) is 12.8. The van der Waals surface area contributed by atoms with Crippen molar-refractivity contribution in [3.63, 3.8) is 0 Å². The smallest absolute Gasteiger partial charge is 0.266 e. The second kappa shape index (κ2) is 7.84. The number of aryl methyl sites for hydroxylation is 1. The van der Waals surface area contributed by atoms with Crippen LogP contribution in [0, 0.1) is 12.7 Å². The zero-order valence-corrected chi connectivity index (χ0v) is 16.9. The summed E-state index contributed by atoms with van der Waals surface area (Å²) in [5.74, 6) is 0.00707. The molecule has 0 amide bonds. The van der Waals surface area contributed by atoms with Crippen molar-refractivity contribution in [1.82, 2.24) is 4.98 Å². The van der Waals surface area contributed by atoms with Crippen LogP contribution in [0.3, 0.4) is 0 Å². The van der Waals surface area contributed by atoms with Crippen molar-refractivity contribution in [3.05, 3.63) is 69.9 Å². The molecule has 0 spiro atoms. The van der Waals surface area contributed by atoms with E-state index in [4.69, 9.17) is 16.3 Å². The third kappa shape index (κ3) is 4.07. The van der Waals surface area contributed by atoms with E-state index in [-0.39, 0.29) is 16.5 Å². The van der Waals surface area contributed by atoms with Crippen LogP contribution >= 0.6 is 22.9 Å². The lowest BCUT2D eigenvalue weighted by Crippen LogP contribution is -2.30. The summed E-state index contributed by atoms with van der Waals surface area (Å²) in [6.45, 7) is 1.94.